The summed E-state index contributed by atoms with van der Waals surface area (Å²) in [5.41, 5.74) is 15.8. The summed E-state index contributed by atoms with van der Waals surface area (Å²) in [7, 11) is 0. The van der Waals surface area contributed by atoms with Gasteiger partial charge in [0.2, 0.25) is 0 Å². The third kappa shape index (κ3) is 6.35. The van der Waals surface area contributed by atoms with Gasteiger partial charge in [-0.1, -0.05) is 182 Å². The molecule has 0 aliphatic heterocycles. The molecule has 0 unspecified atom stereocenters. The molecule has 9 aromatic rings. The largest absolute Gasteiger partial charge is 0.277 e. The van der Waals surface area contributed by atoms with Crippen LogP contribution in [0.25, 0.3) is 33.8 Å². The van der Waals surface area contributed by atoms with Gasteiger partial charge in [-0.25, -0.2) is 0 Å². The molecule has 6 heteroatoms. The summed E-state index contributed by atoms with van der Waals surface area (Å²) in [5.74, 6) is 0.472. The van der Waals surface area contributed by atoms with Gasteiger partial charge in [0, 0.05) is 84.9 Å². The average Bonchev–Trinajstić information content (AvgIpc) is 4.36. The molecule has 3 spiro atoms. The highest BCUT2D eigenvalue weighted by molar-refractivity contribution is 6.15. The van der Waals surface area contributed by atoms with Crippen molar-refractivity contribution in [2.45, 2.75) is 55.1 Å². The fraction of sp³-hybridized carbons (Fsp3) is 0.194. The summed E-state index contributed by atoms with van der Waals surface area (Å²) in [4.78, 5) is 32.7. The minimum atomic E-state index is -0.225. The van der Waals surface area contributed by atoms with Crippen LogP contribution >= 0.6 is 0 Å². The molecule has 0 saturated heterocycles. The van der Waals surface area contributed by atoms with Crippen molar-refractivity contribution in [2.75, 3.05) is 0 Å². The van der Waals surface area contributed by atoms with Gasteiger partial charge in [-0.05, 0) is 80.8 Å². The summed E-state index contributed by atoms with van der Waals surface area (Å²) in [6.07, 6.45) is 12.0. The van der Waals surface area contributed by atoms with Crippen molar-refractivity contribution in [3.8, 4) is 33.8 Å². The average molecular weight is 941 g/mol. The molecule has 350 valence electrons. The second-order valence-electron chi connectivity index (χ2n) is 21.9. The van der Waals surface area contributed by atoms with Crippen molar-refractivity contribution in [3.63, 3.8) is 0 Å². The summed E-state index contributed by atoms with van der Waals surface area (Å²) in [5, 5.41) is 0. The first-order valence-corrected chi connectivity index (χ1v) is 26.0. The first-order valence-electron chi connectivity index (χ1n) is 26.0. The Balaban J connectivity index is 0.891. The van der Waals surface area contributed by atoms with E-state index in [9.17, 15) is 0 Å². The van der Waals surface area contributed by atoms with Gasteiger partial charge in [-0.3, -0.25) is 29.9 Å². The molecule has 6 aliphatic carbocycles. The molecule has 15 rings (SSSR count). The number of hydrogen-bond donors (Lipinski definition) is 0. The first kappa shape index (κ1) is 42.5. The van der Waals surface area contributed by atoms with Gasteiger partial charge in [0.05, 0.1) is 50.8 Å². The van der Waals surface area contributed by atoms with Gasteiger partial charge in [-0.15, -0.1) is 0 Å². The summed E-state index contributed by atoms with van der Waals surface area (Å²) in [6.45, 7) is 0. The maximum atomic E-state index is 6.22. The summed E-state index contributed by atoms with van der Waals surface area (Å²) >= 11 is 0. The Bertz CT molecular complexity index is 3270. The van der Waals surface area contributed by atoms with E-state index in [0.29, 0.717) is 5.92 Å². The third-order valence-electron chi connectivity index (χ3n) is 18.2. The zero-order chi connectivity index (χ0) is 48.3. The Morgan fingerprint density at radius 1 is 0.288 bits per heavy atom. The molecule has 0 atom stereocenters. The monoisotopic (exact) mass is 940 g/mol. The number of aromatic nitrogens is 3. The molecule has 6 fully saturated rings. The fourth-order valence-electron chi connectivity index (χ4n) is 15.3. The minimum absolute atomic E-state index is 0.0261. The Kier molecular flexibility index (Phi) is 9.10. The Hall–Kier alpha value is -8.22. The minimum Gasteiger partial charge on any atom is -0.277 e. The Morgan fingerprint density at radius 3 is 0.781 bits per heavy atom. The van der Waals surface area contributed by atoms with E-state index in [4.69, 9.17) is 15.0 Å². The molecule has 6 aromatic carbocycles. The van der Waals surface area contributed by atoms with Crippen LogP contribution in [0.15, 0.2) is 252 Å². The number of rotatable bonds is 12. The van der Waals surface area contributed by atoms with Gasteiger partial charge in [-0.2, -0.15) is 0 Å². The molecule has 3 heterocycles. The van der Waals surface area contributed by atoms with Crippen molar-refractivity contribution < 1.29 is 0 Å². The second-order valence-corrected chi connectivity index (χ2v) is 21.9. The van der Waals surface area contributed by atoms with Crippen LogP contribution in [0.2, 0.25) is 0 Å². The highest BCUT2D eigenvalue weighted by atomic mass is 15.2. The molecule has 6 aliphatic rings. The molecule has 6 nitrogen and oxygen atoms in total. The van der Waals surface area contributed by atoms with Gasteiger partial charge < -0.3 is 0 Å². The zero-order valence-electron chi connectivity index (χ0n) is 40.5. The zero-order valence-corrected chi connectivity index (χ0v) is 40.5. The molecule has 0 N–H and O–H groups in total. The number of pyridine rings is 3. The first-order chi connectivity index (χ1) is 35.9. The van der Waals surface area contributed by atoms with Crippen LogP contribution < -0.4 is 0 Å². The van der Waals surface area contributed by atoms with Crippen molar-refractivity contribution in [3.05, 3.63) is 270 Å². The number of benzene rings is 6. The van der Waals surface area contributed by atoms with Crippen LogP contribution in [0.5, 0.6) is 0 Å². The second kappa shape index (κ2) is 15.6. The van der Waals surface area contributed by atoms with Crippen LogP contribution in [0.4, 0.5) is 0 Å². The van der Waals surface area contributed by atoms with Crippen LogP contribution in [-0.2, 0) is 0 Å². The molecule has 0 bridgehead atoms. The van der Waals surface area contributed by atoms with Gasteiger partial charge >= 0.3 is 0 Å². The number of nitrogens with zero attached hydrogens (tertiary/aromatic N) is 6. The summed E-state index contributed by atoms with van der Waals surface area (Å²) in [6, 6.07) is 77.9. The standard InChI is InChI=1S/C67H52N6/c1-4-16-49(17-5-1)58(52-31-25-46(26-32-52)55-22-10-13-37-68-55)71-65-40-62(65)44-66(72-59(50-18-6-2-7-19-50)53-33-27-47(28-34-53)56-23-11-14-38-69-56)42-64(66)45-67(41-63(67,43-65)61(62)64)73-60(51-20-8-3-9-21-51)54-35-29-48(30-36-54)57-24-12-15-39-70-57/h1-39,61H,40-45H2/b71-58-,72-59-,73-60-. The van der Waals surface area contributed by atoms with E-state index in [-0.39, 0.29) is 32.9 Å². The van der Waals surface area contributed by atoms with Crippen LogP contribution in [0, 0.1) is 22.2 Å². The van der Waals surface area contributed by atoms with Crippen LogP contribution in [0.3, 0.4) is 0 Å². The molecular weight excluding hydrogens is 889 g/mol. The van der Waals surface area contributed by atoms with E-state index in [2.05, 4.69) is 215 Å². The van der Waals surface area contributed by atoms with Crippen LogP contribution in [0.1, 0.15) is 71.9 Å². The van der Waals surface area contributed by atoms with E-state index >= 15 is 0 Å². The molecule has 3 aromatic heterocycles. The quantitative estimate of drug-likeness (QED) is 0.115. The highest BCUT2D eigenvalue weighted by Gasteiger charge is 3.04. The maximum Gasteiger partial charge on any atom is 0.0726 e. The predicted molar refractivity (Wildman–Crippen MR) is 292 cm³/mol. The molecule has 0 radical (unpaired) electrons. The van der Waals surface area contributed by atoms with Crippen molar-refractivity contribution in [1.82, 2.24) is 15.0 Å². The van der Waals surface area contributed by atoms with Crippen molar-refractivity contribution in [2.24, 2.45) is 37.1 Å². The van der Waals surface area contributed by atoms with Crippen molar-refractivity contribution >= 4 is 17.1 Å². The van der Waals surface area contributed by atoms with Gasteiger partial charge in [0.1, 0.15) is 0 Å². The lowest BCUT2D eigenvalue weighted by atomic mass is 9.77. The smallest absolute Gasteiger partial charge is 0.0726 e. The molecule has 6 saturated carbocycles. The van der Waals surface area contributed by atoms with E-state index in [0.717, 1.165) is 123 Å². The lowest BCUT2D eigenvalue weighted by molar-refractivity contribution is 0.205. The van der Waals surface area contributed by atoms with Crippen molar-refractivity contribution in [1.29, 1.82) is 0 Å². The normalized spacial score (nSPS) is 28.9. The Morgan fingerprint density at radius 2 is 0.534 bits per heavy atom. The molecule has 73 heavy (non-hydrogen) atoms. The topological polar surface area (TPSA) is 75.8 Å². The Labute approximate surface area is 426 Å². The SMILES string of the molecule is c1ccc(/C(=N/C23CC24CC2(/N=C(/c5ccccc5)c5ccc(-c6ccccn6)cc5)CC25CC2(/N=C(/c6ccccc6)c6ccc(-c7ccccn7)cc6)CC2(C3)C45)c2ccc(-c3ccccn3)cc2)cc1. The van der Waals surface area contributed by atoms with Gasteiger partial charge in [0.25, 0.3) is 0 Å². The van der Waals surface area contributed by atoms with E-state index < -0.39 is 0 Å². The molecule has 0 amide bonds. The lowest BCUT2D eigenvalue weighted by Crippen LogP contribution is -2.23. The van der Waals surface area contributed by atoms with E-state index in [1.54, 1.807) is 0 Å². The number of aliphatic imine (C=N–C) groups is 3. The van der Waals surface area contributed by atoms with E-state index in [1.807, 2.05) is 36.8 Å². The van der Waals surface area contributed by atoms with Crippen LogP contribution in [-0.4, -0.2) is 48.7 Å². The fourth-order valence-corrected chi connectivity index (χ4v) is 15.3. The third-order valence-corrected chi connectivity index (χ3v) is 18.2. The molecular formula is C67H52N6. The predicted octanol–water partition coefficient (Wildman–Crippen LogP) is 14.0. The lowest BCUT2D eigenvalue weighted by Gasteiger charge is -2.25. The van der Waals surface area contributed by atoms with Gasteiger partial charge in [0.15, 0.2) is 0 Å². The van der Waals surface area contributed by atoms with E-state index in [1.165, 1.54) is 0 Å². The maximum absolute atomic E-state index is 6.22. The summed E-state index contributed by atoms with van der Waals surface area (Å²) < 4.78 is 0. The number of hydrogen-bond acceptors (Lipinski definition) is 6. The highest BCUT2D eigenvalue weighted by Crippen LogP contribution is 3.04.